The summed E-state index contributed by atoms with van der Waals surface area (Å²) in [6, 6.07) is 13.7. The number of carbonyl (C=O) groups excluding carboxylic acids is 2. The summed E-state index contributed by atoms with van der Waals surface area (Å²) < 4.78 is 8.64. The van der Waals surface area contributed by atoms with Crippen LogP contribution < -0.4 is 10.6 Å². The molecule has 0 fully saturated rings. The number of carbonyl (C=O) groups is 2. The van der Waals surface area contributed by atoms with Crippen molar-refractivity contribution in [3.05, 3.63) is 64.1 Å². The molecule has 39 heavy (non-hydrogen) atoms. The first kappa shape index (κ1) is 28.6. The summed E-state index contributed by atoms with van der Waals surface area (Å²) in [5.41, 5.74) is 3.82. The molecule has 0 saturated carbocycles. The minimum Gasteiger partial charge on any atom is -0.375 e. The Hall–Kier alpha value is -3.43. The van der Waals surface area contributed by atoms with Gasteiger partial charge in [-0.25, -0.2) is 4.79 Å². The van der Waals surface area contributed by atoms with Gasteiger partial charge in [-0.2, -0.15) is 0 Å². The van der Waals surface area contributed by atoms with Crippen LogP contribution in [0.25, 0.3) is 11.0 Å². The molecule has 9 heteroatoms. The number of nitrogens with zero attached hydrogens (tertiary/aromatic N) is 5. The summed E-state index contributed by atoms with van der Waals surface area (Å²) in [5.74, 6) is -0.189. The van der Waals surface area contributed by atoms with Crippen molar-refractivity contribution in [3.63, 3.8) is 0 Å². The van der Waals surface area contributed by atoms with E-state index in [-0.39, 0.29) is 24.1 Å². The lowest BCUT2D eigenvalue weighted by Crippen LogP contribution is -2.41. The fraction of sp³-hybridized carbons (Fsp3) is 0.500. The summed E-state index contributed by atoms with van der Waals surface area (Å²) in [7, 11) is 1.53. The monoisotopic (exact) mass is 535 g/mol. The number of aryl methyl sites for hydroxylation is 2. The molecule has 210 valence electrons. The summed E-state index contributed by atoms with van der Waals surface area (Å²) in [4.78, 5) is 46.0. The van der Waals surface area contributed by atoms with E-state index in [0.717, 1.165) is 41.8 Å². The van der Waals surface area contributed by atoms with Gasteiger partial charge in [0.05, 0.1) is 11.0 Å². The molecule has 1 aromatic heterocycles. The fourth-order valence-electron chi connectivity index (χ4n) is 5.50. The van der Waals surface area contributed by atoms with Crippen molar-refractivity contribution in [1.29, 1.82) is 0 Å². The van der Waals surface area contributed by atoms with Gasteiger partial charge in [0.2, 0.25) is 0 Å². The zero-order chi connectivity index (χ0) is 28.1. The summed E-state index contributed by atoms with van der Waals surface area (Å²) in [6.07, 6.45) is 0.815. The molecule has 9 nitrogen and oxygen atoms in total. The first-order valence-corrected chi connectivity index (χ1v) is 13.9. The highest BCUT2D eigenvalue weighted by molar-refractivity contribution is 5.98. The number of para-hydroxylation sites is 1. The number of methoxy groups -OCH3 is 1. The number of fused-ring (bicyclic) bond motifs is 2. The third kappa shape index (κ3) is 5.94. The molecule has 0 bridgehead atoms. The van der Waals surface area contributed by atoms with E-state index in [9.17, 15) is 14.4 Å². The highest BCUT2D eigenvalue weighted by Crippen LogP contribution is 2.25. The van der Waals surface area contributed by atoms with Crippen molar-refractivity contribution in [3.8, 4) is 0 Å². The Bertz CT molecular complexity index is 1380. The molecule has 0 unspecified atom stereocenters. The van der Waals surface area contributed by atoms with Crippen LogP contribution in [-0.4, -0.2) is 76.7 Å². The molecular formula is C30H41N5O4. The van der Waals surface area contributed by atoms with E-state index in [1.807, 2.05) is 61.2 Å². The van der Waals surface area contributed by atoms with Gasteiger partial charge in [-0.3, -0.25) is 23.6 Å². The van der Waals surface area contributed by atoms with E-state index < -0.39 is 0 Å². The van der Waals surface area contributed by atoms with Crippen molar-refractivity contribution < 1.29 is 14.3 Å². The molecule has 0 saturated heterocycles. The number of hydrogen-bond donors (Lipinski definition) is 0. The summed E-state index contributed by atoms with van der Waals surface area (Å²) >= 11 is 0. The molecule has 0 radical (unpaired) electrons. The normalized spacial score (nSPS) is 15.4. The molecule has 2 amide bonds. The average molecular weight is 536 g/mol. The topological polar surface area (TPSA) is 80.0 Å². The second kappa shape index (κ2) is 12.6. The Morgan fingerprint density at radius 3 is 2.33 bits per heavy atom. The number of benzene rings is 2. The predicted octanol–water partition coefficient (Wildman–Crippen LogP) is 3.58. The third-order valence-corrected chi connectivity index (χ3v) is 7.61. The molecule has 2 heterocycles. The van der Waals surface area contributed by atoms with Crippen molar-refractivity contribution in [2.45, 2.75) is 59.8 Å². The first-order valence-electron chi connectivity index (χ1n) is 13.9. The Morgan fingerprint density at radius 1 is 0.923 bits per heavy atom. The quantitative estimate of drug-likeness (QED) is 0.482. The molecule has 1 aliphatic heterocycles. The first-order chi connectivity index (χ1) is 18.8. The Labute approximate surface area is 230 Å². The van der Waals surface area contributed by atoms with Crippen molar-refractivity contribution in [1.82, 2.24) is 18.9 Å². The molecule has 0 atom stereocenters. The van der Waals surface area contributed by atoms with Gasteiger partial charge in [-0.05, 0) is 63.9 Å². The predicted molar refractivity (Wildman–Crippen MR) is 154 cm³/mol. The largest absolute Gasteiger partial charge is 0.375 e. The molecular weight excluding hydrogens is 494 g/mol. The van der Waals surface area contributed by atoms with Crippen molar-refractivity contribution in [2.24, 2.45) is 0 Å². The van der Waals surface area contributed by atoms with Crippen LogP contribution in [0.2, 0.25) is 0 Å². The van der Waals surface area contributed by atoms with Crippen LogP contribution in [0.4, 0.5) is 5.69 Å². The molecule has 0 spiro atoms. The second-order valence-corrected chi connectivity index (χ2v) is 10.3. The summed E-state index contributed by atoms with van der Waals surface area (Å²) in [6.45, 7) is 12.4. The highest BCUT2D eigenvalue weighted by Gasteiger charge is 2.25. The minimum absolute atomic E-state index is 0.00141. The number of anilines is 1. The number of rotatable bonds is 6. The molecule has 0 N–H and O–H groups in total. The summed E-state index contributed by atoms with van der Waals surface area (Å²) in [5, 5.41) is 0. The second-order valence-electron chi connectivity index (χ2n) is 10.3. The maximum absolute atomic E-state index is 14.1. The minimum atomic E-state index is -0.0957. The van der Waals surface area contributed by atoms with Gasteiger partial charge >= 0.3 is 5.69 Å². The lowest BCUT2D eigenvalue weighted by molar-refractivity contribution is -0.122. The fourth-order valence-corrected chi connectivity index (χ4v) is 5.50. The molecule has 4 rings (SSSR count). The van der Waals surface area contributed by atoms with Gasteiger partial charge in [0.15, 0.2) is 0 Å². The van der Waals surface area contributed by atoms with E-state index in [1.54, 1.807) is 14.0 Å². The Balaban J connectivity index is 1.76. The average Bonchev–Trinajstić information content (AvgIpc) is 3.18. The lowest BCUT2D eigenvalue weighted by Gasteiger charge is -2.30. The number of imidazole rings is 1. The standard InChI is InChI=1S/C30H41N5O4/c1-6-33-26-14-13-23(19-27(26)34(7-2)30(33)38)29(37)32-18-17-31(22(3)4)15-10-16-35(28(36)21-39-5)25-12-9-8-11-24(25)20-32/h8-9,11-14,19,22H,6-7,10,15-18,20-21H2,1-5H3. The van der Waals surface area contributed by atoms with Crippen molar-refractivity contribution >= 4 is 28.5 Å². The van der Waals surface area contributed by atoms with E-state index >= 15 is 0 Å². The van der Waals surface area contributed by atoms with Crippen LogP contribution in [0.5, 0.6) is 0 Å². The van der Waals surface area contributed by atoms with Gasteiger partial charge in [-0.15, -0.1) is 0 Å². The van der Waals surface area contributed by atoms with Crippen LogP contribution in [-0.2, 0) is 29.2 Å². The molecule has 1 aliphatic rings. The zero-order valence-electron chi connectivity index (χ0n) is 23.9. The van der Waals surface area contributed by atoms with E-state index in [2.05, 4.69) is 18.7 Å². The van der Waals surface area contributed by atoms with Crippen molar-refractivity contribution in [2.75, 3.05) is 44.8 Å². The third-order valence-electron chi connectivity index (χ3n) is 7.61. The van der Waals surface area contributed by atoms with E-state index in [1.165, 1.54) is 7.11 Å². The van der Waals surface area contributed by atoms with Gasteiger partial charge in [0.1, 0.15) is 6.61 Å². The Morgan fingerprint density at radius 2 is 1.64 bits per heavy atom. The van der Waals surface area contributed by atoms with Crippen LogP contribution in [0.3, 0.4) is 0 Å². The molecule has 0 aliphatic carbocycles. The van der Waals surface area contributed by atoms with Crippen LogP contribution >= 0.6 is 0 Å². The van der Waals surface area contributed by atoms with Gasteiger partial charge in [0, 0.05) is 70.2 Å². The smallest absolute Gasteiger partial charge is 0.329 e. The maximum atomic E-state index is 14.1. The lowest BCUT2D eigenvalue weighted by atomic mass is 10.1. The number of ether oxygens (including phenoxy) is 1. The Kier molecular flexibility index (Phi) is 9.24. The van der Waals surface area contributed by atoms with Gasteiger partial charge in [0.25, 0.3) is 11.8 Å². The number of amides is 2. The maximum Gasteiger partial charge on any atom is 0.329 e. The SMILES string of the molecule is CCn1c(=O)n(CC)c2cc(C(=O)N3CCN(C(C)C)CCCN(C(=O)COC)c4ccccc4C3)ccc21. The molecule has 3 aromatic rings. The number of aromatic nitrogens is 2. The zero-order valence-corrected chi connectivity index (χ0v) is 23.9. The van der Waals surface area contributed by atoms with Crippen LogP contribution in [0.1, 0.15) is 50.0 Å². The van der Waals surface area contributed by atoms with Crippen LogP contribution in [0.15, 0.2) is 47.3 Å². The van der Waals surface area contributed by atoms with E-state index in [4.69, 9.17) is 4.74 Å². The van der Waals surface area contributed by atoms with E-state index in [0.29, 0.717) is 44.3 Å². The van der Waals surface area contributed by atoms with Crippen LogP contribution in [0, 0.1) is 0 Å². The highest BCUT2D eigenvalue weighted by atomic mass is 16.5. The van der Waals surface area contributed by atoms with Gasteiger partial charge in [-0.1, -0.05) is 18.2 Å². The van der Waals surface area contributed by atoms with Gasteiger partial charge < -0.3 is 14.5 Å². The molecule has 2 aromatic carbocycles. The number of hydrogen-bond acceptors (Lipinski definition) is 5.